The van der Waals surface area contributed by atoms with Gasteiger partial charge in [0.15, 0.2) is 0 Å². The molecule has 19 heavy (non-hydrogen) atoms. The Hall–Kier alpha value is -0.300. The second-order valence-electron chi connectivity index (χ2n) is 5.31. The lowest BCUT2D eigenvalue weighted by Gasteiger charge is -2.33. The molecule has 1 rings (SSSR count). The number of morpholine rings is 1. The summed E-state index contributed by atoms with van der Waals surface area (Å²) in [5, 5.41) is 0. The molecule has 6 heteroatoms. The maximum atomic E-state index is 11.2. The van der Waals surface area contributed by atoms with Gasteiger partial charge in [0.2, 0.25) is 0 Å². The molecule has 1 heterocycles. The molecule has 0 spiro atoms. The van der Waals surface area contributed by atoms with Crippen molar-refractivity contribution < 1.29 is 14.3 Å². The fourth-order valence-corrected chi connectivity index (χ4v) is 3.10. The van der Waals surface area contributed by atoms with Crippen LogP contribution >= 0.6 is 11.8 Å². The first-order valence-electron chi connectivity index (χ1n) is 6.78. The average molecular weight is 290 g/mol. The molecular weight excluding hydrogens is 264 g/mol. The molecule has 1 fully saturated rings. The summed E-state index contributed by atoms with van der Waals surface area (Å²) in [5.41, 5.74) is 5.69. The van der Waals surface area contributed by atoms with E-state index in [-0.39, 0.29) is 12.1 Å². The van der Waals surface area contributed by atoms with E-state index < -0.39 is 6.04 Å². The Bertz CT molecular complexity index is 277. The minimum atomic E-state index is -0.537. The molecule has 1 aliphatic heterocycles. The highest BCUT2D eigenvalue weighted by atomic mass is 32.2. The standard InChI is InChI=1S/C13H26N2O3S/c1-10(2)6-15-4-5-18-11(7-15)8-19-9-12(14)13(16)17-3/h10-12H,4-9,14H2,1-3H3. The van der Waals surface area contributed by atoms with Crippen LogP contribution < -0.4 is 5.73 Å². The molecule has 0 aliphatic carbocycles. The molecule has 0 bridgehead atoms. The average Bonchev–Trinajstić information content (AvgIpc) is 2.37. The lowest BCUT2D eigenvalue weighted by molar-refractivity contribution is -0.141. The summed E-state index contributed by atoms with van der Waals surface area (Å²) in [6, 6.07) is -0.537. The van der Waals surface area contributed by atoms with E-state index in [0.717, 1.165) is 32.0 Å². The number of hydrogen-bond donors (Lipinski definition) is 1. The first kappa shape index (κ1) is 16.8. The van der Waals surface area contributed by atoms with Crippen LogP contribution in [0, 0.1) is 5.92 Å². The van der Waals surface area contributed by atoms with Gasteiger partial charge in [-0.25, -0.2) is 0 Å². The Morgan fingerprint density at radius 3 is 2.95 bits per heavy atom. The third-order valence-corrected chi connectivity index (χ3v) is 4.15. The summed E-state index contributed by atoms with van der Waals surface area (Å²) < 4.78 is 10.3. The van der Waals surface area contributed by atoms with E-state index in [9.17, 15) is 4.79 Å². The van der Waals surface area contributed by atoms with Crippen molar-refractivity contribution >= 4 is 17.7 Å². The normalized spacial score (nSPS) is 22.5. The second kappa shape index (κ2) is 8.79. The van der Waals surface area contributed by atoms with E-state index in [2.05, 4.69) is 23.5 Å². The molecule has 112 valence electrons. The van der Waals surface area contributed by atoms with E-state index in [1.54, 1.807) is 11.8 Å². The molecule has 0 aromatic carbocycles. The maximum absolute atomic E-state index is 11.2. The Kier molecular flexibility index (Phi) is 7.75. The van der Waals surface area contributed by atoms with Crippen molar-refractivity contribution in [1.82, 2.24) is 4.90 Å². The molecule has 0 aromatic heterocycles. The molecule has 0 amide bonds. The van der Waals surface area contributed by atoms with Gasteiger partial charge in [0.25, 0.3) is 0 Å². The summed E-state index contributed by atoms with van der Waals surface area (Å²) in [7, 11) is 1.36. The van der Waals surface area contributed by atoms with Gasteiger partial charge in [0.1, 0.15) is 6.04 Å². The Labute approximate surface area is 120 Å². The molecule has 1 saturated heterocycles. The lowest BCUT2D eigenvalue weighted by atomic mass is 10.2. The van der Waals surface area contributed by atoms with Crippen LogP contribution in [0.5, 0.6) is 0 Å². The molecular formula is C13H26N2O3S. The lowest BCUT2D eigenvalue weighted by Crippen LogP contribution is -2.45. The third kappa shape index (κ3) is 6.61. The fraction of sp³-hybridized carbons (Fsp3) is 0.923. The Morgan fingerprint density at radius 1 is 1.58 bits per heavy atom. The van der Waals surface area contributed by atoms with Gasteiger partial charge in [-0.05, 0) is 5.92 Å². The van der Waals surface area contributed by atoms with Gasteiger partial charge in [0.05, 0.1) is 19.8 Å². The second-order valence-corrected chi connectivity index (χ2v) is 6.39. The van der Waals surface area contributed by atoms with E-state index in [1.165, 1.54) is 7.11 Å². The van der Waals surface area contributed by atoms with Gasteiger partial charge >= 0.3 is 5.97 Å². The Morgan fingerprint density at radius 2 is 2.32 bits per heavy atom. The van der Waals surface area contributed by atoms with Crippen molar-refractivity contribution in [2.45, 2.75) is 26.0 Å². The van der Waals surface area contributed by atoms with E-state index in [1.807, 2.05) is 0 Å². The van der Waals surface area contributed by atoms with E-state index in [0.29, 0.717) is 11.7 Å². The highest BCUT2D eigenvalue weighted by molar-refractivity contribution is 7.99. The van der Waals surface area contributed by atoms with Gasteiger partial charge in [-0.1, -0.05) is 13.8 Å². The predicted molar refractivity (Wildman–Crippen MR) is 78.3 cm³/mol. The summed E-state index contributed by atoms with van der Waals surface area (Å²) >= 11 is 1.65. The summed E-state index contributed by atoms with van der Waals surface area (Å²) in [6.07, 6.45) is 0.238. The van der Waals surface area contributed by atoms with Crippen molar-refractivity contribution in [2.75, 3.05) is 44.9 Å². The zero-order valence-corrected chi connectivity index (χ0v) is 12.9. The van der Waals surface area contributed by atoms with Crippen LogP contribution in [0.15, 0.2) is 0 Å². The fourth-order valence-electron chi connectivity index (χ4n) is 2.11. The summed E-state index contributed by atoms with van der Waals surface area (Å²) in [5.74, 6) is 1.79. The van der Waals surface area contributed by atoms with Crippen LogP contribution in [-0.4, -0.2) is 67.9 Å². The minimum Gasteiger partial charge on any atom is -0.468 e. The number of thioether (sulfide) groups is 1. The molecule has 0 saturated carbocycles. The number of nitrogens with two attached hydrogens (primary N) is 1. The molecule has 0 radical (unpaired) electrons. The van der Waals surface area contributed by atoms with Crippen LogP contribution in [0.3, 0.4) is 0 Å². The molecule has 2 atom stereocenters. The molecule has 2 N–H and O–H groups in total. The number of nitrogens with zero attached hydrogens (tertiary/aromatic N) is 1. The van der Waals surface area contributed by atoms with Crippen molar-refractivity contribution in [1.29, 1.82) is 0 Å². The predicted octanol–water partition coefficient (Wildman–Crippen LogP) is 0.577. The SMILES string of the molecule is COC(=O)C(N)CSCC1CN(CC(C)C)CCO1. The summed E-state index contributed by atoms with van der Waals surface area (Å²) in [4.78, 5) is 13.6. The highest BCUT2D eigenvalue weighted by Gasteiger charge is 2.22. The number of carbonyl (C=O) groups is 1. The summed E-state index contributed by atoms with van der Waals surface area (Å²) in [6.45, 7) is 8.36. The molecule has 5 nitrogen and oxygen atoms in total. The number of ether oxygens (including phenoxy) is 2. The number of hydrogen-bond acceptors (Lipinski definition) is 6. The van der Waals surface area contributed by atoms with Gasteiger partial charge in [0, 0.05) is 31.1 Å². The maximum Gasteiger partial charge on any atom is 0.323 e. The van der Waals surface area contributed by atoms with Crippen molar-refractivity contribution in [3.63, 3.8) is 0 Å². The number of esters is 1. The molecule has 1 aliphatic rings. The minimum absolute atomic E-state index is 0.238. The van der Waals surface area contributed by atoms with E-state index >= 15 is 0 Å². The first-order valence-corrected chi connectivity index (χ1v) is 7.93. The van der Waals surface area contributed by atoms with Crippen LogP contribution in [0.4, 0.5) is 0 Å². The van der Waals surface area contributed by atoms with Gasteiger partial charge < -0.3 is 15.2 Å². The largest absolute Gasteiger partial charge is 0.468 e. The van der Waals surface area contributed by atoms with E-state index in [4.69, 9.17) is 10.5 Å². The van der Waals surface area contributed by atoms with Crippen LogP contribution in [0.2, 0.25) is 0 Å². The van der Waals surface area contributed by atoms with Crippen LogP contribution in [0.25, 0.3) is 0 Å². The van der Waals surface area contributed by atoms with Crippen LogP contribution in [0.1, 0.15) is 13.8 Å². The van der Waals surface area contributed by atoms with Crippen molar-refractivity contribution in [2.24, 2.45) is 11.7 Å². The highest BCUT2D eigenvalue weighted by Crippen LogP contribution is 2.13. The zero-order valence-electron chi connectivity index (χ0n) is 12.1. The first-order chi connectivity index (χ1) is 9.02. The van der Waals surface area contributed by atoms with Crippen molar-refractivity contribution in [3.05, 3.63) is 0 Å². The van der Waals surface area contributed by atoms with Gasteiger partial charge in [-0.15, -0.1) is 0 Å². The molecule has 0 aromatic rings. The smallest absolute Gasteiger partial charge is 0.323 e. The topological polar surface area (TPSA) is 64.8 Å². The van der Waals surface area contributed by atoms with Gasteiger partial charge in [-0.3, -0.25) is 9.69 Å². The quantitative estimate of drug-likeness (QED) is 0.692. The number of carbonyl (C=O) groups excluding carboxylic acids is 1. The number of methoxy groups -OCH3 is 1. The monoisotopic (exact) mass is 290 g/mol. The number of rotatable bonds is 7. The third-order valence-electron chi connectivity index (χ3n) is 2.95. The van der Waals surface area contributed by atoms with Crippen LogP contribution in [-0.2, 0) is 14.3 Å². The zero-order chi connectivity index (χ0) is 14.3. The van der Waals surface area contributed by atoms with Gasteiger partial charge in [-0.2, -0.15) is 11.8 Å². The molecule has 2 unspecified atom stereocenters. The Balaban J connectivity index is 2.20. The van der Waals surface area contributed by atoms with Crippen molar-refractivity contribution in [3.8, 4) is 0 Å².